The molecule has 2 N–H and O–H groups in total. The number of nitrogens with zero attached hydrogens (tertiary/aromatic N) is 1. The van der Waals surface area contributed by atoms with Crippen molar-refractivity contribution in [3.8, 4) is 0 Å². The van der Waals surface area contributed by atoms with Crippen molar-refractivity contribution in [3.05, 3.63) is 34.3 Å². The summed E-state index contributed by atoms with van der Waals surface area (Å²) in [6.45, 7) is 1.89. The van der Waals surface area contributed by atoms with Gasteiger partial charge in [0.05, 0.1) is 0 Å². The van der Waals surface area contributed by atoms with E-state index in [1.54, 1.807) is 0 Å². The molecule has 2 saturated carbocycles. The summed E-state index contributed by atoms with van der Waals surface area (Å²) >= 11 is 3.56. The smallest absolute Gasteiger partial charge is 0.0467 e. The molecular weight excluding hydrogens is 312 g/mol. The molecule has 2 bridgehead atoms. The first-order chi connectivity index (χ1) is 9.67. The third-order valence-corrected chi connectivity index (χ3v) is 5.89. The van der Waals surface area contributed by atoms with Crippen molar-refractivity contribution in [2.75, 3.05) is 20.1 Å². The Labute approximate surface area is 130 Å². The van der Waals surface area contributed by atoms with Crippen LogP contribution in [0.4, 0.5) is 0 Å². The van der Waals surface area contributed by atoms with Crippen LogP contribution >= 0.6 is 15.9 Å². The van der Waals surface area contributed by atoms with Gasteiger partial charge in [-0.1, -0.05) is 34.5 Å². The molecule has 2 nitrogen and oxygen atoms in total. The van der Waals surface area contributed by atoms with Crippen molar-refractivity contribution >= 4 is 15.9 Å². The monoisotopic (exact) mass is 336 g/mol. The van der Waals surface area contributed by atoms with Crippen LogP contribution in [0.3, 0.4) is 0 Å². The van der Waals surface area contributed by atoms with Crippen molar-refractivity contribution in [2.24, 2.45) is 23.5 Å². The molecule has 0 radical (unpaired) electrons. The number of nitrogens with two attached hydrogens (primary N) is 1. The lowest BCUT2D eigenvalue weighted by Gasteiger charge is -2.32. The van der Waals surface area contributed by atoms with Gasteiger partial charge in [-0.15, -0.1) is 0 Å². The van der Waals surface area contributed by atoms with E-state index in [1.165, 1.54) is 37.8 Å². The Morgan fingerprint density at radius 3 is 2.80 bits per heavy atom. The van der Waals surface area contributed by atoms with Gasteiger partial charge in [0.25, 0.3) is 0 Å². The van der Waals surface area contributed by atoms with Crippen LogP contribution in [-0.4, -0.2) is 25.0 Å². The van der Waals surface area contributed by atoms with Crippen molar-refractivity contribution in [1.29, 1.82) is 0 Å². The van der Waals surface area contributed by atoms with Gasteiger partial charge in [-0.3, -0.25) is 4.90 Å². The van der Waals surface area contributed by atoms with Gasteiger partial charge < -0.3 is 5.73 Å². The molecule has 0 aliphatic heterocycles. The first kappa shape index (κ1) is 14.6. The summed E-state index contributed by atoms with van der Waals surface area (Å²) in [4.78, 5) is 2.48. The molecule has 2 aliphatic rings. The zero-order chi connectivity index (χ0) is 14.1. The summed E-state index contributed by atoms with van der Waals surface area (Å²) in [5, 5.41) is 0. The SMILES string of the molecule is CN(CC1CC2CCC1C2)C(CN)c1cccc(Br)c1. The first-order valence-electron chi connectivity index (χ1n) is 7.83. The molecule has 4 unspecified atom stereocenters. The average Bonchev–Trinajstić information content (AvgIpc) is 3.02. The summed E-state index contributed by atoms with van der Waals surface area (Å²) in [6, 6.07) is 8.92. The minimum Gasteiger partial charge on any atom is -0.329 e. The summed E-state index contributed by atoms with van der Waals surface area (Å²) in [6.07, 6.45) is 5.89. The number of hydrogen-bond acceptors (Lipinski definition) is 2. The van der Waals surface area contributed by atoms with E-state index in [9.17, 15) is 0 Å². The number of halogens is 1. The van der Waals surface area contributed by atoms with Crippen molar-refractivity contribution in [2.45, 2.75) is 31.7 Å². The molecule has 4 atom stereocenters. The highest BCUT2D eigenvalue weighted by atomic mass is 79.9. The minimum absolute atomic E-state index is 0.339. The number of rotatable bonds is 5. The Morgan fingerprint density at radius 2 is 2.20 bits per heavy atom. The Kier molecular flexibility index (Phi) is 4.49. The molecule has 1 aromatic rings. The van der Waals surface area contributed by atoms with E-state index in [2.05, 4.69) is 52.1 Å². The molecule has 110 valence electrons. The molecule has 2 aliphatic carbocycles. The highest BCUT2D eigenvalue weighted by molar-refractivity contribution is 9.10. The number of benzene rings is 1. The van der Waals surface area contributed by atoms with Gasteiger partial charge in [0, 0.05) is 23.6 Å². The summed E-state index contributed by atoms with van der Waals surface area (Å²) < 4.78 is 1.14. The normalized spacial score (nSPS) is 30.1. The Bertz CT molecular complexity index is 462. The van der Waals surface area contributed by atoms with E-state index in [0.29, 0.717) is 12.6 Å². The molecular formula is C17H25BrN2. The van der Waals surface area contributed by atoms with Gasteiger partial charge in [-0.2, -0.15) is 0 Å². The van der Waals surface area contributed by atoms with Gasteiger partial charge in [0.1, 0.15) is 0 Å². The van der Waals surface area contributed by atoms with Gasteiger partial charge in [-0.05, 0) is 61.8 Å². The third kappa shape index (κ3) is 2.95. The molecule has 0 amide bonds. The Balaban J connectivity index is 1.66. The highest BCUT2D eigenvalue weighted by Crippen LogP contribution is 2.48. The van der Waals surface area contributed by atoms with Crippen LogP contribution in [0.5, 0.6) is 0 Å². The van der Waals surface area contributed by atoms with E-state index in [1.807, 2.05) is 0 Å². The van der Waals surface area contributed by atoms with Crippen molar-refractivity contribution < 1.29 is 0 Å². The van der Waals surface area contributed by atoms with Gasteiger partial charge in [0.2, 0.25) is 0 Å². The first-order valence-corrected chi connectivity index (χ1v) is 8.62. The molecule has 0 spiro atoms. The molecule has 0 aromatic heterocycles. The van der Waals surface area contributed by atoms with Crippen LogP contribution in [0, 0.1) is 17.8 Å². The van der Waals surface area contributed by atoms with Crippen LogP contribution in [0.1, 0.15) is 37.3 Å². The lowest BCUT2D eigenvalue weighted by Crippen LogP contribution is -2.35. The predicted molar refractivity (Wildman–Crippen MR) is 87.5 cm³/mol. The fraction of sp³-hybridized carbons (Fsp3) is 0.647. The Morgan fingerprint density at radius 1 is 1.35 bits per heavy atom. The number of fused-ring (bicyclic) bond motifs is 2. The van der Waals surface area contributed by atoms with E-state index >= 15 is 0 Å². The van der Waals surface area contributed by atoms with Crippen molar-refractivity contribution in [1.82, 2.24) is 4.90 Å². The number of likely N-dealkylation sites (N-methyl/N-ethyl adjacent to an activating group) is 1. The summed E-state index contributed by atoms with van der Waals surface area (Å²) in [7, 11) is 2.24. The van der Waals surface area contributed by atoms with Gasteiger partial charge >= 0.3 is 0 Å². The standard InChI is InChI=1S/C17H25BrN2/c1-20(11-15-8-12-5-6-13(15)7-12)17(10-19)14-3-2-4-16(18)9-14/h2-4,9,12-13,15,17H,5-8,10-11,19H2,1H3. The van der Waals surface area contributed by atoms with E-state index in [0.717, 1.165) is 22.2 Å². The molecule has 3 heteroatoms. The quantitative estimate of drug-likeness (QED) is 0.885. The van der Waals surface area contributed by atoms with Crippen molar-refractivity contribution in [3.63, 3.8) is 0 Å². The fourth-order valence-corrected chi connectivity index (χ4v) is 4.80. The zero-order valence-corrected chi connectivity index (χ0v) is 13.8. The highest BCUT2D eigenvalue weighted by Gasteiger charge is 2.40. The molecule has 1 aromatic carbocycles. The van der Waals surface area contributed by atoms with Crippen LogP contribution in [0.15, 0.2) is 28.7 Å². The maximum Gasteiger partial charge on any atom is 0.0467 e. The van der Waals surface area contributed by atoms with Crippen LogP contribution in [-0.2, 0) is 0 Å². The predicted octanol–water partition coefficient (Wildman–Crippen LogP) is 3.82. The zero-order valence-electron chi connectivity index (χ0n) is 12.3. The second-order valence-corrected chi connectivity index (χ2v) is 7.60. The van der Waals surface area contributed by atoms with E-state index in [4.69, 9.17) is 5.73 Å². The second kappa shape index (κ2) is 6.17. The number of hydrogen-bond donors (Lipinski definition) is 1. The fourth-order valence-electron chi connectivity index (χ4n) is 4.38. The lowest BCUT2D eigenvalue weighted by molar-refractivity contribution is 0.176. The maximum absolute atomic E-state index is 6.05. The van der Waals surface area contributed by atoms with E-state index < -0.39 is 0 Å². The molecule has 0 saturated heterocycles. The molecule has 0 heterocycles. The molecule has 3 rings (SSSR count). The summed E-state index contributed by atoms with van der Waals surface area (Å²) in [5.41, 5.74) is 7.38. The topological polar surface area (TPSA) is 29.3 Å². The summed E-state index contributed by atoms with van der Waals surface area (Å²) in [5.74, 6) is 2.92. The molecule has 2 fully saturated rings. The third-order valence-electron chi connectivity index (χ3n) is 5.40. The molecule has 20 heavy (non-hydrogen) atoms. The van der Waals surface area contributed by atoms with Crippen LogP contribution in [0.2, 0.25) is 0 Å². The minimum atomic E-state index is 0.339. The van der Waals surface area contributed by atoms with Crippen LogP contribution < -0.4 is 5.73 Å². The Hall–Kier alpha value is -0.380. The maximum atomic E-state index is 6.05. The lowest BCUT2D eigenvalue weighted by atomic mass is 9.88. The second-order valence-electron chi connectivity index (χ2n) is 6.68. The van der Waals surface area contributed by atoms with Gasteiger partial charge in [-0.25, -0.2) is 0 Å². The van der Waals surface area contributed by atoms with Gasteiger partial charge in [0.15, 0.2) is 0 Å². The van der Waals surface area contributed by atoms with E-state index in [-0.39, 0.29) is 0 Å². The average molecular weight is 337 g/mol. The largest absolute Gasteiger partial charge is 0.329 e. The van der Waals surface area contributed by atoms with Crippen LogP contribution in [0.25, 0.3) is 0 Å².